The van der Waals surface area contributed by atoms with Crippen LogP contribution in [0.4, 0.5) is 18.9 Å². The van der Waals surface area contributed by atoms with Crippen molar-refractivity contribution in [3.63, 3.8) is 0 Å². The molecule has 0 bridgehead atoms. The topological polar surface area (TPSA) is 41.5 Å². The third-order valence-electron chi connectivity index (χ3n) is 2.53. The molecule has 0 aliphatic heterocycles. The molecule has 1 atom stereocenters. The van der Waals surface area contributed by atoms with Gasteiger partial charge in [0.25, 0.3) is 0 Å². The maximum Gasteiger partial charge on any atom is 0.573 e. The van der Waals surface area contributed by atoms with E-state index in [9.17, 15) is 18.3 Å². The highest BCUT2D eigenvalue weighted by molar-refractivity contribution is 9.10. The van der Waals surface area contributed by atoms with Crippen molar-refractivity contribution in [3.8, 4) is 5.75 Å². The minimum absolute atomic E-state index is 0.176. The van der Waals surface area contributed by atoms with Crippen LogP contribution >= 0.6 is 27.3 Å². The van der Waals surface area contributed by atoms with Gasteiger partial charge in [-0.2, -0.15) is 0 Å². The highest BCUT2D eigenvalue weighted by Crippen LogP contribution is 2.32. The number of aliphatic hydroxyl groups is 1. The summed E-state index contributed by atoms with van der Waals surface area (Å²) in [6.07, 6.45) is -5.40. The number of benzene rings is 1. The Kier molecular flexibility index (Phi) is 5.13. The average molecular weight is 382 g/mol. The maximum absolute atomic E-state index is 12.1. The fourth-order valence-electron chi connectivity index (χ4n) is 1.61. The Bertz CT molecular complexity index is 590. The Hall–Kier alpha value is -1.25. The van der Waals surface area contributed by atoms with Gasteiger partial charge in [0, 0.05) is 17.1 Å². The number of nitrogens with one attached hydrogen (secondary N) is 1. The van der Waals surface area contributed by atoms with Crippen molar-refractivity contribution >= 4 is 33.0 Å². The summed E-state index contributed by atoms with van der Waals surface area (Å²) < 4.78 is 40.5. The van der Waals surface area contributed by atoms with Crippen LogP contribution < -0.4 is 10.1 Å². The molecule has 0 aliphatic carbocycles. The molecule has 2 N–H and O–H groups in total. The lowest BCUT2D eigenvalue weighted by Crippen LogP contribution is -2.17. The highest BCUT2D eigenvalue weighted by Gasteiger charge is 2.31. The number of hydrogen-bond donors (Lipinski definition) is 2. The fraction of sp³-hybridized carbons (Fsp3) is 0.231. The lowest BCUT2D eigenvalue weighted by molar-refractivity contribution is -0.274. The molecule has 3 nitrogen and oxygen atoms in total. The van der Waals surface area contributed by atoms with E-state index >= 15 is 0 Å². The number of rotatable bonds is 5. The normalized spacial score (nSPS) is 13.0. The first-order valence-corrected chi connectivity index (χ1v) is 7.53. The summed E-state index contributed by atoms with van der Waals surface area (Å²) in [7, 11) is 0. The van der Waals surface area contributed by atoms with Gasteiger partial charge in [-0.15, -0.1) is 24.5 Å². The summed E-state index contributed by atoms with van der Waals surface area (Å²) in [6, 6.07) is 7.77. The van der Waals surface area contributed by atoms with E-state index in [2.05, 4.69) is 26.0 Å². The quantitative estimate of drug-likeness (QED) is 0.797. The maximum atomic E-state index is 12.1. The molecule has 0 radical (unpaired) electrons. The molecule has 21 heavy (non-hydrogen) atoms. The molecule has 1 aromatic carbocycles. The van der Waals surface area contributed by atoms with Crippen molar-refractivity contribution in [1.82, 2.24) is 0 Å². The zero-order valence-corrected chi connectivity index (χ0v) is 12.9. The van der Waals surface area contributed by atoms with Crippen LogP contribution in [0.3, 0.4) is 0 Å². The van der Waals surface area contributed by atoms with Gasteiger partial charge in [0.05, 0.1) is 4.47 Å². The zero-order chi connectivity index (χ0) is 15.5. The average Bonchev–Trinajstić information content (AvgIpc) is 2.91. The summed E-state index contributed by atoms with van der Waals surface area (Å²) in [5.74, 6) is -0.313. The monoisotopic (exact) mass is 381 g/mol. The molecule has 2 rings (SSSR count). The number of hydrogen-bond acceptors (Lipinski definition) is 4. The first-order valence-electron chi connectivity index (χ1n) is 5.86. The third-order valence-corrected chi connectivity index (χ3v) is 4.12. The molecule has 8 heteroatoms. The zero-order valence-electron chi connectivity index (χ0n) is 10.5. The molecule has 114 valence electrons. The molecular formula is C13H11BrF3NO2S. The molecule has 1 aromatic heterocycles. The Morgan fingerprint density at radius 1 is 1.33 bits per heavy atom. The first kappa shape index (κ1) is 16.1. The number of ether oxygens (including phenoxy) is 1. The van der Waals surface area contributed by atoms with Crippen LogP contribution in [0.25, 0.3) is 0 Å². The Balaban J connectivity index is 1.97. The summed E-state index contributed by atoms with van der Waals surface area (Å²) >= 11 is 4.45. The number of alkyl halides is 3. The highest BCUT2D eigenvalue weighted by atomic mass is 79.9. The van der Waals surface area contributed by atoms with E-state index in [1.54, 1.807) is 0 Å². The van der Waals surface area contributed by atoms with Crippen LogP contribution in [-0.4, -0.2) is 18.0 Å². The largest absolute Gasteiger partial charge is 0.573 e. The van der Waals surface area contributed by atoms with E-state index in [-0.39, 0.29) is 16.8 Å². The smallest absolute Gasteiger partial charge is 0.405 e. The van der Waals surface area contributed by atoms with Crippen molar-refractivity contribution in [2.45, 2.75) is 12.5 Å². The van der Waals surface area contributed by atoms with Gasteiger partial charge in [-0.1, -0.05) is 6.07 Å². The van der Waals surface area contributed by atoms with Gasteiger partial charge in [0.1, 0.15) is 11.9 Å². The lowest BCUT2D eigenvalue weighted by Gasteiger charge is -2.14. The fourth-order valence-corrected chi connectivity index (χ4v) is 2.79. The van der Waals surface area contributed by atoms with Crippen molar-refractivity contribution in [3.05, 3.63) is 45.1 Å². The van der Waals surface area contributed by atoms with Crippen LogP contribution in [0.2, 0.25) is 0 Å². The SMILES string of the molecule is OC(CNc1ccc(OC(F)(F)F)c(Br)c1)c1cccs1. The van der Waals surface area contributed by atoms with Crippen LogP contribution in [0, 0.1) is 0 Å². The summed E-state index contributed by atoms with van der Waals surface area (Å²) in [4.78, 5) is 0.818. The number of aliphatic hydroxyl groups excluding tert-OH is 1. The van der Waals surface area contributed by atoms with Gasteiger partial charge >= 0.3 is 6.36 Å². The summed E-state index contributed by atoms with van der Waals surface area (Å²) in [5.41, 5.74) is 0.576. The van der Waals surface area contributed by atoms with Gasteiger partial charge in [-0.3, -0.25) is 0 Å². The molecule has 0 saturated carbocycles. The minimum atomic E-state index is -4.73. The van der Waals surface area contributed by atoms with Gasteiger partial charge in [0.2, 0.25) is 0 Å². The molecule has 1 unspecified atom stereocenters. The minimum Gasteiger partial charge on any atom is -0.405 e. The predicted octanol–water partition coefficient (Wildman–Crippen LogP) is 4.55. The van der Waals surface area contributed by atoms with E-state index in [1.165, 1.54) is 29.5 Å². The van der Waals surface area contributed by atoms with Crippen molar-refractivity contribution in [2.24, 2.45) is 0 Å². The molecule has 2 aromatic rings. The van der Waals surface area contributed by atoms with Crippen molar-refractivity contribution < 1.29 is 23.0 Å². The van der Waals surface area contributed by atoms with Gasteiger partial charge in [-0.05, 0) is 45.6 Å². The predicted molar refractivity (Wildman–Crippen MR) is 78.6 cm³/mol. The third kappa shape index (κ3) is 4.90. The summed E-state index contributed by atoms with van der Waals surface area (Å²) in [5, 5.41) is 14.7. The van der Waals surface area contributed by atoms with E-state index < -0.39 is 12.5 Å². The molecule has 0 amide bonds. The van der Waals surface area contributed by atoms with Crippen LogP contribution in [0.15, 0.2) is 40.2 Å². The lowest BCUT2D eigenvalue weighted by atomic mass is 10.2. The number of anilines is 1. The Morgan fingerprint density at radius 3 is 2.67 bits per heavy atom. The van der Waals surface area contributed by atoms with E-state index in [0.717, 1.165) is 4.88 Å². The van der Waals surface area contributed by atoms with Crippen LogP contribution in [-0.2, 0) is 0 Å². The molecule has 1 heterocycles. The molecule has 0 fully saturated rings. The second-order valence-electron chi connectivity index (χ2n) is 4.11. The number of thiophene rings is 1. The van der Waals surface area contributed by atoms with E-state index in [4.69, 9.17) is 0 Å². The van der Waals surface area contributed by atoms with Crippen molar-refractivity contribution in [1.29, 1.82) is 0 Å². The number of halogens is 4. The molecule has 0 spiro atoms. The van der Waals surface area contributed by atoms with Crippen molar-refractivity contribution in [2.75, 3.05) is 11.9 Å². The van der Waals surface area contributed by atoms with E-state index in [0.29, 0.717) is 5.69 Å². The van der Waals surface area contributed by atoms with Gasteiger partial charge in [-0.25, -0.2) is 0 Å². The summed E-state index contributed by atoms with van der Waals surface area (Å²) in [6.45, 7) is 0.256. The Morgan fingerprint density at radius 2 is 2.10 bits per heavy atom. The second kappa shape index (κ2) is 6.67. The van der Waals surface area contributed by atoms with Gasteiger partial charge in [0.15, 0.2) is 0 Å². The van der Waals surface area contributed by atoms with Crippen LogP contribution in [0.1, 0.15) is 11.0 Å². The molecule has 0 aliphatic rings. The first-order chi connectivity index (χ1) is 9.85. The van der Waals surface area contributed by atoms with Gasteiger partial charge < -0.3 is 15.2 Å². The molecular weight excluding hydrogens is 371 g/mol. The van der Waals surface area contributed by atoms with Crippen LogP contribution in [0.5, 0.6) is 5.75 Å². The standard InChI is InChI=1S/C13H11BrF3NO2S/c14-9-6-8(3-4-11(9)20-13(15,16)17)18-7-10(19)12-2-1-5-21-12/h1-6,10,18-19H,7H2. The second-order valence-corrected chi connectivity index (χ2v) is 5.94. The Labute approximate surface area is 131 Å². The molecule has 0 saturated heterocycles. The van der Waals surface area contributed by atoms with E-state index in [1.807, 2.05) is 17.5 Å².